The topological polar surface area (TPSA) is 75.6 Å². The van der Waals surface area contributed by atoms with Gasteiger partial charge in [0.2, 0.25) is 0 Å². The molecule has 21 heavy (non-hydrogen) atoms. The number of carbonyl (C=O) groups excluding carboxylic acids is 1. The predicted molar refractivity (Wildman–Crippen MR) is 81.6 cm³/mol. The van der Waals surface area contributed by atoms with Gasteiger partial charge in [-0.2, -0.15) is 0 Å². The zero-order valence-electron chi connectivity index (χ0n) is 11.3. The molecule has 0 spiro atoms. The standard InChI is InChI=1S/C15H16NO4P/c17-15(20-10-12-6-2-1-3-7-12)16-14-9-5-4-8-13(14)11-21(18)19/h1-9,21H,10-11H2,(H,16,17)(H,18,19). The van der Waals surface area contributed by atoms with E-state index in [1.807, 2.05) is 30.3 Å². The van der Waals surface area contributed by atoms with Crippen molar-refractivity contribution in [1.82, 2.24) is 0 Å². The van der Waals surface area contributed by atoms with E-state index in [0.717, 1.165) is 5.56 Å². The van der Waals surface area contributed by atoms with Crippen molar-refractivity contribution in [2.75, 3.05) is 5.32 Å². The SMILES string of the molecule is O=C(Nc1ccccc1C[PH](=O)O)OCc1ccccc1. The van der Waals surface area contributed by atoms with E-state index in [2.05, 4.69) is 5.32 Å². The molecule has 0 bridgehead atoms. The molecule has 2 N–H and O–H groups in total. The van der Waals surface area contributed by atoms with Crippen LogP contribution in [0.2, 0.25) is 0 Å². The van der Waals surface area contributed by atoms with Gasteiger partial charge < -0.3 is 9.63 Å². The first kappa shape index (κ1) is 15.3. The molecule has 110 valence electrons. The summed E-state index contributed by atoms with van der Waals surface area (Å²) >= 11 is 0. The quantitative estimate of drug-likeness (QED) is 0.830. The normalized spacial score (nSPS) is 11.7. The molecule has 6 heteroatoms. The number of benzene rings is 2. The lowest BCUT2D eigenvalue weighted by atomic mass is 10.2. The third-order valence-corrected chi connectivity index (χ3v) is 3.49. The summed E-state index contributed by atoms with van der Waals surface area (Å²) in [7, 11) is -2.64. The smallest absolute Gasteiger partial charge is 0.411 e. The lowest BCUT2D eigenvalue weighted by Crippen LogP contribution is -2.14. The van der Waals surface area contributed by atoms with Crippen LogP contribution in [0.4, 0.5) is 10.5 Å². The number of anilines is 1. The Morgan fingerprint density at radius 1 is 1.10 bits per heavy atom. The zero-order valence-corrected chi connectivity index (χ0v) is 12.3. The molecular formula is C15H16NO4P. The Kier molecular flexibility index (Phi) is 5.55. The van der Waals surface area contributed by atoms with E-state index >= 15 is 0 Å². The average Bonchev–Trinajstić information content (AvgIpc) is 2.48. The molecule has 2 aromatic rings. The van der Waals surface area contributed by atoms with E-state index in [1.54, 1.807) is 24.3 Å². The summed E-state index contributed by atoms with van der Waals surface area (Å²) < 4.78 is 16.1. The molecule has 0 saturated carbocycles. The first-order valence-corrected chi connectivity index (χ1v) is 7.99. The molecule has 2 aromatic carbocycles. The summed E-state index contributed by atoms with van der Waals surface area (Å²) in [5, 5.41) is 2.59. The van der Waals surface area contributed by atoms with Gasteiger partial charge in [0, 0.05) is 11.8 Å². The highest BCUT2D eigenvalue weighted by molar-refractivity contribution is 7.37. The summed E-state index contributed by atoms with van der Waals surface area (Å²) in [6, 6.07) is 16.2. The highest BCUT2D eigenvalue weighted by Gasteiger charge is 2.09. The third kappa shape index (κ3) is 5.06. The number of amides is 1. The second-order valence-corrected chi connectivity index (χ2v) is 5.56. The fraction of sp³-hybridized carbons (Fsp3) is 0.133. The second-order valence-electron chi connectivity index (χ2n) is 4.41. The Hall–Kier alpha value is -2.10. The Labute approximate surface area is 123 Å². The van der Waals surface area contributed by atoms with Crippen molar-refractivity contribution in [3.63, 3.8) is 0 Å². The van der Waals surface area contributed by atoms with Gasteiger partial charge in [-0.05, 0) is 17.2 Å². The summed E-state index contributed by atoms with van der Waals surface area (Å²) in [6.07, 6.45) is -0.566. The van der Waals surface area contributed by atoms with E-state index in [9.17, 15) is 9.36 Å². The van der Waals surface area contributed by atoms with Crippen molar-refractivity contribution in [2.24, 2.45) is 0 Å². The van der Waals surface area contributed by atoms with E-state index in [0.29, 0.717) is 11.3 Å². The van der Waals surface area contributed by atoms with Gasteiger partial charge >= 0.3 is 6.09 Å². The van der Waals surface area contributed by atoms with Crippen molar-refractivity contribution in [3.8, 4) is 0 Å². The molecule has 0 heterocycles. The Balaban J connectivity index is 1.95. The largest absolute Gasteiger partial charge is 0.444 e. The molecule has 0 fully saturated rings. The van der Waals surface area contributed by atoms with Gasteiger partial charge in [0.05, 0.1) is 0 Å². The van der Waals surface area contributed by atoms with Crippen LogP contribution in [0.3, 0.4) is 0 Å². The average molecular weight is 305 g/mol. The van der Waals surface area contributed by atoms with Crippen LogP contribution in [0.5, 0.6) is 0 Å². The summed E-state index contributed by atoms with van der Waals surface area (Å²) in [5.41, 5.74) is 1.99. The minimum Gasteiger partial charge on any atom is -0.444 e. The van der Waals surface area contributed by atoms with Gasteiger partial charge in [-0.3, -0.25) is 9.88 Å². The van der Waals surface area contributed by atoms with Gasteiger partial charge in [-0.1, -0.05) is 48.5 Å². The second kappa shape index (κ2) is 7.62. The summed E-state index contributed by atoms with van der Waals surface area (Å²) in [5.74, 6) is 0. The minimum atomic E-state index is -2.64. The third-order valence-electron chi connectivity index (χ3n) is 2.81. The summed E-state index contributed by atoms with van der Waals surface area (Å²) in [4.78, 5) is 20.8. The van der Waals surface area contributed by atoms with Crippen molar-refractivity contribution < 1.29 is 19.0 Å². The molecular weight excluding hydrogens is 289 g/mol. The number of ether oxygens (including phenoxy) is 1. The molecule has 0 aliphatic carbocycles. The van der Waals surface area contributed by atoms with Crippen molar-refractivity contribution >= 4 is 19.8 Å². The van der Waals surface area contributed by atoms with Gasteiger partial charge in [-0.15, -0.1) is 0 Å². The monoisotopic (exact) mass is 305 g/mol. The van der Waals surface area contributed by atoms with Gasteiger partial charge in [0.1, 0.15) is 6.61 Å². The van der Waals surface area contributed by atoms with Crippen molar-refractivity contribution in [1.29, 1.82) is 0 Å². The fourth-order valence-corrected chi connectivity index (χ4v) is 2.46. The van der Waals surface area contributed by atoms with E-state index in [1.165, 1.54) is 0 Å². The van der Waals surface area contributed by atoms with Crippen LogP contribution in [-0.4, -0.2) is 11.0 Å². The first-order valence-electron chi connectivity index (χ1n) is 6.42. The molecule has 1 atom stereocenters. The zero-order chi connectivity index (χ0) is 15.1. The predicted octanol–water partition coefficient (Wildman–Crippen LogP) is 3.40. The Morgan fingerprint density at radius 2 is 1.76 bits per heavy atom. The number of hydrogen-bond donors (Lipinski definition) is 2. The molecule has 0 saturated heterocycles. The van der Waals surface area contributed by atoms with Gasteiger partial charge in [0.25, 0.3) is 0 Å². The van der Waals surface area contributed by atoms with Crippen LogP contribution in [0, 0.1) is 0 Å². The number of carbonyl (C=O) groups is 1. The Morgan fingerprint density at radius 3 is 2.48 bits per heavy atom. The van der Waals surface area contributed by atoms with Crippen molar-refractivity contribution in [3.05, 3.63) is 65.7 Å². The summed E-state index contributed by atoms with van der Waals surface area (Å²) in [6.45, 7) is 0.172. The lowest BCUT2D eigenvalue weighted by Gasteiger charge is -2.10. The molecule has 0 aliphatic heterocycles. The van der Waals surface area contributed by atoms with Crippen LogP contribution < -0.4 is 5.32 Å². The van der Waals surface area contributed by atoms with E-state index in [4.69, 9.17) is 9.63 Å². The fourth-order valence-electron chi connectivity index (χ4n) is 1.83. The maximum absolute atomic E-state index is 11.8. The number of rotatable bonds is 5. The van der Waals surface area contributed by atoms with Crippen molar-refractivity contribution in [2.45, 2.75) is 12.8 Å². The highest BCUT2D eigenvalue weighted by Crippen LogP contribution is 2.26. The van der Waals surface area contributed by atoms with Crippen LogP contribution in [0.1, 0.15) is 11.1 Å². The highest BCUT2D eigenvalue weighted by atomic mass is 31.1. The maximum Gasteiger partial charge on any atom is 0.411 e. The van der Waals surface area contributed by atoms with Crippen LogP contribution in [0.15, 0.2) is 54.6 Å². The molecule has 2 rings (SSSR count). The molecule has 0 radical (unpaired) electrons. The molecule has 0 aromatic heterocycles. The van der Waals surface area contributed by atoms with Gasteiger partial charge in [0.15, 0.2) is 8.03 Å². The Bertz CT molecular complexity index is 631. The van der Waals surface area contributed by atoms with Crippen LogP contribution in [0.25, 0.3) is 0 Å². The molecule has 0 aliphatic rings. The van der Waals surface area contributed by atoms with Crippen LogP contribution in [-0.2, 0) is 22.1 Å². The number of para-hydroxylation sites is 1. The first-order chi connectivity index (χ1) is 10.1. The lowest BCUT2D eigenvalue weighted by molar-refractivity contribution is 0.155. The van der Waals surface area contributed by atoms with E-state index < -0.39 is 14.1 Å². The van der Waals surface area contributed by atoms with Crippen LogP contribution >= 0.6 is 8.03 Å². The molecule has 1 unspecified atom stereocenters. The molecule has 1 amide bonds. The van der Waals surface area contributed by atoms with Gasteiger partial charge in [-0.25, -0.2) is 4.79 Å². The molecule has 5 nitrogen and oxygen atoms in total. The number of nitrogens with one attached hydrogen (secondary N) is 1. The maximum atomic E-state index is 11.8. The number of hydrogen-bond acceptors (Lipinski definition) is 3. The van der Waals surface area contributed by atoms with E-state index in [-0.39, 0.29) is 12.8 Å². The minimum absolute atomic E-state index is 0.0276.